The molecule has 1 aliphatic heterocycles. The summed E-state index contributed by atoms with van der Waals surface area (Å²) in [6, 6.07) is 4.53. The second kappa shape index (κ2) is 7.04. The summed E-state index contributed by atoms with van der Waals surface area (Å²) in [5.74, 6) is -0.0698. The monoisotopic (exact) mass is 300 g/mol. The zero-order chi connectivity index (χ0) is 14.0. The molecular formula is C15H22ClFN2O. The highest BCUT2D eigenvalue weighted by Gasteiger charge is 2.31. The molecule has 112 valence electrons. The number of rotatable bonds is 2. The van der Waals surface area contributed by atoms with Gasteiger partial charge in [-0.15, -0.1) is 12.4 Å². The number of carbonyl (C=O) groups is 1. The second-order valence-electron chi connectivity index (χ2n) is 5.44. The van der Waals surface area contributed by atoms with Crippen LogP contribution in [0.3, 0.4) is 0 Å². The zero-order valence-corrected chi connectivity index (χ0v) is 12.8. The number of carbonyl (C=O) groups excluding carboxylic acids is 1. The van der Waals surface area contributed by atoms with E-state index in [1.54, 1.807) is 13.0 Å². The van der Waals surface area contributed by atoms with Crippen LogP contribution in [0, 0.1) is 18.7 Å². The van der Waals surface area contributed by atoms with Crippen LogP contribution in [-0.4, -0.2) is 29.9 Å². The van der Waals surface area contributed by atoms with Gasteiger partial charge in [0.2, 0.25) is 0 Å². The van der Waals surface area contributed by atoms with Gasteiger partial charge in [-0.05, 0) is 49.4 Å². The summed E-state index contributed by atoms with van der Waals surface area (Å²) in [6.07, 6.45) is 2.07. The minimum Gasteiger partial charge on any atom is -0.334 e. The lowest BCUT2D eigenvalue weighted by molar-refractivity contribution is 0.0532. The molecule has 2 unspecified atom stereocenters. The van der Waals surface area contributed by atoms with Crippen molar-refractivity contribution in [2.45, 2.75) is 32.7 Å². The van der Waals surface area contributed by atoms with Gasteiger partial charge in [-0.1, -0.05) is 6.92 Å². The highest BCUT2D eigenvalue weighted by atomic mass is 35.5. The maximum absolute atomic E-state index is 13.4. The van der Waals surface area contributed by atoms with Crippen LogP contribution < -0.4 is 5.73 Å². The molecule has 0 aromatic heterocycles. The fraction of sp³-hybridized carbons (Fsp3) is 0.533. The molecule has 1 aliphatic rings. The SMILES string of the molecule is Cc1cc(F)cc(C(=O)N2CCCC(C)C2CN)c1.Cl. The standard InChI is InChI=1S/C15H21FN2O.ClH/c1-10-6-12(8-13(16)7-10)15(19)18-5-3-4-11(2)14(18)9-17;/h6-8,11,14H,3-5,9,17H2,1-2H3;1H. The van der Waals surface area contributed by atoms with Crippen molar-refractivity contribution < 1.29 is 9.18 Å². The summed E-state index contributed by atoms with van der Waals surface area (Å²) < 4.78 is 13.4. The van der Waals surface area contributed by atoms with Crippen molar-refractivity contribution in [2.24, 2.45) is 11.7 Å². The van der Waals surface area contributed by atoms with E-state index >= 15 is 0 Å². The predicted octanol–water partition coefficient (Wildman–Crippen LogP) is 2.76. The molecule has 0 saturated carbocycles. The molecule has 1 fully saturated rings. The molecule has 3 nitrogen and oxygen atoms in total. The van der Waals surface area contributed by atoms with Crippen molar-refractivity contribution in [1.82, 2.24) is 4.90 Å². The largest absolute Gasteiger partial charge is 0.334 e. The topological polar surface area (TPSA) is 46.3 Å². The number of likely N-dealkylation sites (tertiary alicyclic amines) is 1. The number of hydrogen-bond donors (Lipinski definition) is 1. The van der Waals surface area contributed by atoms with Gasteiger partial charge in [-0.3, -0.25) is 4.79 Å². The van der Waals surface area contributed by atoms with Gasteiger partial charge < -0.3 is 10.6 Å². The van der Waals surface area contributed by atoms with E-state index in [1.807, 2.05) is 4.90 Å². The Morgan fingerprint density at radius 2 is 2.15 bits per heavy atom. The number of halogens is 2. The first-order valence-corrected chi connectivity index (χ1v) is 6.81. The van der Waals surface area contributed by atoms with E-state index in [2.05, 4.69) is 6.92 Å². The van der Waals surface area contributed by atoms with Gasteiger partial charge in [0.05, 0.1) is 0 Å². The highest BCUT2D eigenvalue weighted by Crippen LogP contribution is 2.24. The fourth-order valence-electron chi connectivity index (χ4n) is 2.89. The summed E-state index contributed by atoms with van der Waals surface area (Å²) in [5, 5.41) is 0. The Bertz CT molecular complexity index is 461. The molecule has 2 N–H and O–H groups in total. The van der Waals surface area contributed by atoms with Crippen LogP contribution in [0.2, 0.25) is 0 Å². The summed E-state index contributed by atoms with van der Waals surface area (Å²) in [4.78, 5) is 14.3. The maximum Gasteiger partial charge on any atom is 0.254 e. The van der Waals surface area contributed by atoms with Gasteiger partial charge in [0.15, 0.2) is 0 Å². The fourth-order valence-corrected chi connectivity index (χ4v) is 2.89. The molecule has 0 radical (unpaired) electrons. The summed E-state index contributed by atoms with van der Waals surface area (Å²) in [7, 11) is 0. The van der Waals surface area contributed by atoms with Crippen LogP contribution in [0.15, 0.2) is 18.2 Å². The molecule has 5 heteroatoms. The van der Waals surface area contributed by atoms with E-state index in [0.29, 0.717) is 24.6 Å². The van der Waals surface area contributed by atoms with Gasteiger partial charge >= 0.3 is 0 Å². The van der Waals surface area contributed by atoms with E-state index in [0.717, 1.165) is 18.4 Å². The minimum absolute atomic E-state index is 0. The summed E-state index contributed by atoms with van der Waals surface area (Å²) >= 11 is 0. The molecular weight excluding hydrogens is 279 g/mol. The minimum atomic E-state index is -0.363. The van der Waals surface area contributed by atoms with Crippen molar-refractivity contribution >= 4 is 18.3 Å². The first-order chi connectivity index (χ1) is 9.02. The second-order valence-corrected chi connectivity index (χ2v) is 5.44. The molecule has 2 atom stereocenters. The third-order valence-electron chi connectivity index (χ3n) is 3.91. The van der Waals surface area contributed by atoms with E-state index in [1.165, 1.54) is 12.1 Å². The van der Waals surface area contributed by atoms with Gasteiger partial charge in [-0.25, -0.2) is 4.39 Å². The predicted molar refractivity (Wildman–Crippen MR) is 80.7 cm³/mol. The van der Waals surface area contributed by atoms with Crippen molar-refractivity contribution in [1.29, 1.82) is 0 Å². The average Bonchev–Trinajstić information content (AvgIpc) is 2.36. The Morgan fingerprint density at radius 3 is 2.75 bits per heavy atom. The molecule has 1 aromatic rings. The number of piperidine rings is 1. The summed E-state index contributed by atoms with van der Waals surface area (Å²) in [5.41, 5.74) is 6.97. The third kappa shape index (κ3) is 3.49. The van der Waals surface area contributed by atoms with Crippen LogP contribution >= 0.6 is 12.4 Å². The number of benzene rings is 1. The van der Waals surface area contributed by atoms with E-state index in [9.17, 15) is 9.18 Å². The van der Waals surface area contributed by atoms with E-state index < -0.39 is 0 Å². The Balaban J connectivity index is 0.00000200. The first-order valence-electron chi connectivity index (χ1n) is 6.81. The van der Waals surface area contributed by atoms with Crippen LogP contribution in [0.25, 0.3) is 0 Å². The van der Waals surface area contributed by atoms with Gasteiger partial charge in [-0.2, -0.15) is 0 Å². The summed E-state index contributed by atoms with van der Waals surface area (Å²) in [6.45, 7) is 5.08. The van der Waals surface area contributed by atoms with Gasteiger partial charge in [0, 0.05) is 24.7 Å². The number of hydrogen-bond acceptors (Lipinski definition) is 2. The lowest BCUT2D eigenvalue weighted by Crippen LogP contribution is -2.51. The molecule has 0 spiro atoms. The number of aryl methyl sites for hydroxylation is 1. The molecule has 0 aliphatic carbocycles. The lowest BCUT2D eigenvalue weighted by atomic mass is 9.90. The lowest BCUT2D eigenvalue weighted by Gasteiger charge is -2.39. The van der Waals surface area contributed by atoms with Crippen LogP contribution in [0.5, 0.6) is 0 Å². The average molecular weight is 301 g/mol. The molecule has 1 amide bonds. The molecule has 1 heterocycles. The Morgan fingerprint density at radius 1 is 1.45 bits per heavy atom. The van der Waals surface area contributed by atoms with E-state index in [4.69, 9.17) is 5.73 Å². The van der Waals surface area contributed by atoms with Crippen molar-refractivity contribution in [2.75, 3.05) is 13.1 Å². The molecule has 1 saturated heterocycles. The Kier molecular flexibility index (Phi) is 5.96. The quantitative estimate of drug-likeness (QED) is 0.913. The van der Waals surface area contributed by atoms with Crippen molar-refractivity contribution in [3.63, 3.8) is 0 Å². The molecule has 20 heavy (non-hydrogen) atoms. The smallest absolute Gasteiger partial charge is 0.254 e. The number of nitrogens with zero attached hydrogens (tertiary/aromatic N) is 1. The number of amides is 1. The molecule has 0 bridgehead atoms. The van der Waals surface area contributed by atoms with Crippen LogP contribution in [-0.2, 0) is 0 Å². The van der Waals surface area contributed by atoms with Gasteiger partial charge in [0.25, 0.3) is 5.91 Å². The molecule has 1 aromatic carbocycles. The molecule has 2 rings (SSSR count). The van der Waals surface area contributed by atoms with Gasteiger partial charge in [0.1, 0.15) is 5.82 Å². The zero-order valence-electron chi connectivity index (χ0n) is 11.9. The Labute approximate surface area is 125 Å². The Hall–Kier alpha value is -1.13. The van der Waals surface area contributed by atoms with Crippen molar-refractivity contribution in [3.8, 4) is 0 Å². The number of nitrogens with two attached hydrogens (primary N) is 1. The van der Waals surface area contributed by atoms with Crippen LogP contribution in [0.4, 0.5) is 4.39 Å². The maximum atomic E-state index is 13.4. The third-order valence-corrected chi connectivity index (χ3v) is 3.91. The van der Waals surface area contributed by atoms with E-state index in [-0.39, 0.29) is 30.2 Å². The van der Waals surface area contributed by atoms with Crippen LogP contribution in [0.1, 0.15) is 35.7 Å². The normalized spacial score (nSPS) is 22.3. The highest BCUT2D eigenvalue weighted by molar-refractivity contribution is 5.94. The first kappa shape index (κ1) is 16.9. The van der Waals surface area contributed by atoms with Crippen molar-refractivity contribution in [3.05, 3.63) is 35.1 Å².